The number of aromatic nitrogens is 2. The lowest BCUT2D eigenvalue weighted by atomic mass is 10.1. The molecular weight excluding hydrogens is 318 g/mol. The van der Waals surface area contributed by atoms with Crippen LogP contribution in [0.2, 0.25) is 0 Å². The van der Waals surface area contributed by atoms with Gasteiger partial charge in [-0.15, -0.1) is 5.11 Å². The Morgan fingerprint density at radius 2 is 1.60 bits per heavy atom. The molecule has 0 spiro atoms. The van der Waals surface area contributed by atoms with Gasteiger partial charge in [-0.2, -0.15) is 5.11 Å². The first-order chi connectivity index (χ1) is 12.1. The molecule has 0 unspecified atom stereocenters. The number of hydrogen-bond donors (Lipinski definition) is 2. The van der Waals surface area contributed by atoms with Crippen LogP contribution in [-0.4, -0.2) is 31.4 Å². The molecule has 0 aliphatic carbocycles. The zero-order chi connectivity index (χ0) is 17.8. The van der Waals surface area contributed by atoms with Crippen LogP contribution in [0.4, 0.5) is 17.1 Å². The zero-order valence-corrected chi connectivity index (χ0v) is 14.3. The van der Waals surface area contributed by atoms with E-state index in [2.05, 4.69) is 20.4 Å². The molecule has 2 N–H and O–H groups in total. The highest BCUT2D eigenvalue weighted by Crippen LogP contribution is 2.28. The van der Waals surface area contributed by atoms with E-state index in [0.29, 0.717) is 11.4 Å². The zero-order valence-electron chi connectivity index (χ0n) is 14.3. The summed E-state index contributed by atoms with van der Waals surface area (Å²) in [4.78, 5) is 14.0. The molecule has 2 aromatic carbocycles. The minimum Gasteiger partial charge on any atom is -0.497 e. The van der Waals surface area contributed by atoms with Crippen molar-refractivity contribution >= 4 is 17.1 Å². The van der Waals surface area contributed by atoms with Crippen LogP contribution in [0.1, 0.15) is 0 Å². The molecule has 0 aliphatic rings. The van der Waals surface area contributed by atoms with Crippen molar-refractivity contribution in [1.82, 2.24) is 10.2 Å². The Morgan fingerprint density at radius 3 is 2.20 bits per heavy atom. The Kier molecular flexibility index (Phi) is 4.65. The van der Waals surface area contributed by atoms with E-state index in [1.54, 1.807) is 7.11 Å². The van der Waals surface area contributed by atoms with Crippen LogP contribution in [-0.2, 0) is 0 Å². The van der Waals surface area contributed by atoms with Gasteiger partial charge in [-0.25, -0.2) is 0 Å². The summed E-state index contributed by atoms with van der Waals surface area (Å²) < 4.78 is 5.15. The topological polar surface area (TPSA) is 85.8 Å². The third kappa shape index (κ3) is 3.60. The molecule has 1 aromatic heterocycles. The number of nitrogens with zero attached hydrogens (tertiary/aromatic N) is 3. The first-order valence-electron chi connectivity index (χ1n) is 7.72. The summed E-state index contributed by atoms with van der Waals surface area (Å²) in [6.45, 7) is 0. The largest absolute Gasteiger partial charge is 0.497 e. The monoisotopic (exact) mass is 337 g/mol. The number of azo groups is 1. The van der Waals surface area contributed by atoms with Crippen molar-refractivity contribution in [3.8, 4) is 17.0 Å². The highest BCUT2D eigenvalue weighted by atomic mass is 16.5. The van der Waals surface area contributed by atoms with E-state index in [1.807, 2.05) is 67.5 Å². The van der Waals surface area contributed by atoms with Crippen LogP contribution in [0.3, 0.4) is 0 Å². The number of rotatable bonds is 5. The molecule has 7 heteroatoms. The van der Waals surface area contributed by atoms with Crippen molar-refractivity contribution < 1.29 is 4.74 Å². The molecule has 0 saturated heterocycles. The maximum atomic E-state index is 12.0. The lowest BCUT2D eigenvalue weighted by molar-refractivity contribution is 0.415. The van der Waals surface area contributed by atoms with Crippen LogP contribution < -0.4 is 15.2 Å². The first kappa shape index (κ1) is 16.5. The van der Waals surface area contributed by atoms with Gasteiger partial charge in [0.1, 0.15) is 5.75 Å². The van der Waals surface area contributed by atoms with Gasteiger partial charge < -0.3 is 9.64 Å². The Morgan fingerprint density at radius 1 is 0.920 bits per heavy atom. The molecule has 0 aliphatic heterocycles. The van der Waals surface area contributed by atoms with Gasteiger partial charge in [-0.1, -0.05) is 0 Å². The van der Waals surface area contributed by atoms with E-state index < -0.39 is 0 Å². The second-order valence-corrected chi connectivity index (χ2v) is 5.64. The molecule has 3 rings (SSSR count). The molecule has 0 radical (unpaired) electrons. The van der Waals surface area contributed by atoms with Crippen LogP contribution >= 0.6 is 0 Å². The molecule has 0 atom stereocenters. The average molecular weight is 337 g/mol. The van der Waals surface area contributed by atoms with Crippen LogP contribution in [0, 0.1) is 0 Å². The Bertz CT molecular complexity index is 921. The van der Waals surface area contributed by atoms with Gasteiger partial charge in [0.2, 0.25) is 0 Å². The third-order valence-electron chi connectivity index (χ3n) is 3.76. The average Bonchev–Trinajstić information content (AvgIpc) is 3.01. The number of nitrogens with one attached hydrogen (secondary N) is 2. The normalized spacial score (nSPS) is 11.0. The number of aromatic amines is 2. The SMILES string of the molecule is COc1ccc(-c2[nH][nH]c(=O)c2N=Nc2ccc(N(C)C)cc2)cc1. The number of ether oxygens (including phenoxy) is 1. The summed E-state index contributed by atoms with van der Waals surface area (Å²) >= 11 is 0. The summed E-state index contributed by atoms with van der Waals surface area (Å²) in [6, 6.07) is 14.9. The second kappa shape index (κ2) is 7.04. The van der Waals surface area contributed by atoms with E-state index in [4.69, 9.17) is 4.74 Å². The number of anilines is 1. The predicted molar refractivity (Wildman–Crippen MR) is 98.3 cm³/mol. The molecule has 0 saturated carbocycles. The maximum Gasteiger partial charge on any atom is 0.292 e. The maximum absolute atomic E-state index is 12.0. The van der Waals surface area contributed by atoms with Crippen molar-refractivity contribution in [3.63, 3.8) is 0 Å². The second-order valence-electron chi connectivity index (χ2n) is 5.64. The van der Waals surface area contributed by atoms with Gasteiger partial charge in [0.15, 0.2) is 5.69 Å². The number of hydrogen-bond acceptors (Lipinski definition) is 5. The molecule has 7 nitrogen and oxygen atoms in total. The molecular formula is C18H19N5O2. The summed E-state index contributed by atoms with van der Waals surface area (Å²) in [7, 11) is 5.54. The van der Waals surface area contributed by atoms with E-state index in [0.717, 1.165) is 17.0 Å². The molecule has 25 heavy (non-hydrogen) atoms. The highest BCUT2D eigenvalue weighted by molar-refractivity contribution is 5.71. The Hall–Kier alpha value is -3.35. The Labute approximate surface area is 145 Å². The van der Waals surface area contributed by atoms with Crippen LogP contribution in [0.5, 0.6) is 5.75 Å². The van der Waals surface area contributed by atoms with Gasteiger partial charge in [-0.3, -0.25) is 15.0 Å². The number of H-pyrrole nitrogens is 2. The van der Waals surface area contributed by atoms with Crippen molar-refractivity contribution in [3.05, 3.63) is 58.9 Å². The lowest BCUT2D eigenvalue weighted by Crippen LogP contribution is -2.07. The molecule has 1 heterocycles. The fraction of sp³-hybridized carbons (Fsp3) is 0.167. The smallest absolute Gasteiger partial charge is 0.292 e. The fourth-order valence-corrected chi connectivity index (χ4v) is 2.34. The van der Waals surface area contributed by atoms with Gasteiger partial charge in [0.25, 0.3) is 5.56 Å². The van der Waals surface area contributed by atoms with Crippen molar-refractivity contribution in [2.45, 2.75) is 0 Å². The van der Waals surface area contributed by atoms with Crippen molar-refractivity contribution in [2.24, 2.45) is 10.2 Å². The standard InChI is InChI=1S/C18H19N5O2/c1-23(2)14-8-6-13(7-9-14)19-21-17-16(20-22-18(17)24)12-4-10-15(25-3)11-5-12/h4-11H,1-3H3,(H2,20,22,24). The summed E-state index contributed by atoms with van der Waals surface area (Å²) in [5, 5.41) is 13.7. The summed E-state index contributed by atoms with van der Waals surface area (Å²) in [6.07, 6.45) is 0. The van der Waals surface area contributed by atoms with E-state index in [9.17, 15) is 4.79 Å². The number of benzene rings is 2. The molecule has 3 aromatic rings. The molecule has 0 amide bonds. The van der Waals surface area contributed by atoms with E-state index in [1.165, 1.54) is 0 Å². The van der Waals surface area contributed by atoms with Crippen LogP contribution in [0.15, 0.2) is 63.6 Å². The van der Waals surface area contributed by atoms with E-state index >= 15 is 0 Å². The molecule has 0 bridgehead atoms. The first-order valence-corrected chi connectivity index (χ1v) is 7.72. The minimum atomic E-state index is -0.320. The quantitative estimate of drug-likeness (QED) is 0.693. The van der Waals surface area contributed by atoms with Gasteiger partial charge in [-0.05, 0) is 48.5 Å². The fourth-order valence-electron chi connectivity index (χ4n) is 2.34. The number of methoxy groups -OCH3 is 1. The minimum absolute atomic E-state index is 0.238. The van der Waals surface area contributed by atoms with E-state index in [-0.39, 0.29) is 11.2 Å². The highest BCUT2D eigenvalue weighted by Gasteiger charge is 2.11. The third-order valence-corrected chi connectivity index (χ3v) is 3.76. The van der Waals surface area contributed by atoms with Gasteiger partial charge in [0.05, 0.1) is 18.5 Å². The summed E-state index contributed by atoms with van der Waals surface area (Å²) in [5.74, 6) is 0.741. The lowest BCUT2D eigenvalue weighted by Gasteiger charge is -2.11. The summed E-state index contributed by atoms with van der Waals surface area (Å²) in [5.41, 5.74) is 3.06. The van der Waals surface area contributed by atoms with Crippen molar-refractivity contribution in [2.75, 3.05) is 26.1 Å². The van der Waals surface area contributed by atoms with Gasteiger partial charge in [0, 0.05) is 25.3 Å². The molecule has 0 fully saturated rings. The Balaban J connectivity index is 1.89. The predicted octanol–water partition coefficient (Wildman–Crippen LogP) is 3.86. The van der Waals surface area contributed by atoms with Gasteiger partial charge >= 0.3 is 0 Å². The van der Waals surface area contributed by atoms with Crippen molar-refractivity contribution in [1.29, 1.82) is 0 Å². The van der Waals surface area contributed by atoms with Crippen LogP contribution in [0.25, 0.3) is 11.3 Å². The molecule has 128 valence electrons.